The summed E-state index contributed by atoms with van der Waals surface area (Å²) in [5.74, 6) is 1.10. The molecular formula is C42H28O. The van der Waals surface area contributed by atoms with Crippen LogP contribution in [0.3, 0.4) is 0 Å². The molecule has 8 aromatic rings. The van der Waals surface area contributed by atoms with Gasteiger partial charge in [0.1, 0.15) is 11.3 Å². The monoisotopic (exact) mass is 548 g/mol. The second kappa shape index (κ2) is 9.58. The highest BCUT2D eigenvalue weighted by Gasteiger charge is 2.19. The number of hydrogen-bond acceptors (Lipinski definition) is 1. The van der Waals surface area contributed by atoms with E-state index in [1.165, 1.54) is 76.6 Å². The maximum Gasteiger partial charge on any atom is 0.134 e. The minimum Gasteiger partial charge on any atom is -0.460 e. The smallest absolute Gasteiger partial charge is 0.134 e. The molecule has 1 aromatic heterocycles. The van der Waals surface area contributed by atoms with E-state index in [0.29, 0.717) is 0 Å². The van der Waals surface area contributed by atoms with E-state index in [1.54, 1.807) is 0 Å². The van der Waals surface area contributed by atoms with Crippen LogP contribution in [0.4, 0.5) is 0 Å². The molecule has 9 rings (SSSR count). The molecule has 0 unspecified atom stereocenters. The fourth-order valence-corrected chi connectivity index (χ4v) is 7.08. The summed E-state index contributed by atoms with van der Waals surface area (Å²) >= 11 is 0. The lowest BCUT2D eigenvalue weighted by atomic mass is 9.85. The zero-order valence-corrected chi connectivity index (χ0v) is 23.7. The third kappa shape index (κ3) is 3.86. The van der Waals surface area contributed by atoms with Crippen LogP contribution in [0.15, 0.2) is 144 Å². The van der Waals surface area contributed by atoms with Crippen LogP contribution in [-0.2, 0) is 6.42 Å². The first kappa shape index (κ1) is 24.2. The summed E-state index contributed by atoms with van der Waals surface area (Å²) in [6, 6.07) is 48.9. The van der Waals surface area contributed by atoms with Gasteiger partial charge in [0.15, 0.2) is 0 Å². The molecule has 0 N–H and O–H groups in total. The first-order valence-electron chi connectivity index (χ1n) is 15.1. The van der Waals surface area contributed by atoms with E-state index in [0.717, 1.165) is 24.2 Å². The summed E-state index contributed by atoms with van der Waals surface area (Å²) in [4.78, 5) is 0. The zero-order valence-electron chi connectivity index (χ0n) is 23.7. The number of fused-ring (bicyclic) bond motifs is 6. The van der Waals surface area contributed by atoms with Crippen molar-refractivity contribution < 1.29 is 4.42 Å². The Kier molecular flexibility index (Phi) is 5.39. The first-order valence-corrected chi connectivity index (χ1v) is 15.1. The molecule has 1 aliphatic rings. The van der Waals surface area contributed by atoms with Crippen LogP contribution < -0.4 is 0 Å². The van der Waals surface area contributed by atoms with Gasteiger partial charge in [-0.15, -0.1) is 0 Å². The maximum absolute atomic E-state index is 6.25. The van der Waals surface area contributed by atoms with Gasteiger partial charge in [-0.05, 0) is 96.4 Å². The summed E-state index contributed by atoms with van der Waals surface area (Å²) in [5, 5.41) is 8.78. The Hall–Kier alpha value is -5.40. The molecule has 202 valence electrons. The van der Waals surface area contributed by atoms with Crippen LogP contribution >= 0.6 is 0 Å². The van der Waals surface area contributed by atoms with E-state index in [9.17, 15) is 0 Å². The van der Waals surface area contributed by atoms with Gasteiger partial charge >= 0.3 is 0 Å². The lowest BCUT2D eigenvalue weighted by Crippen LogP contribution is -1.91. The second-order valence-corrected chi connectivity index (χ2v) is 11.6. The predicted molar refractivity (Wildman–Crippen MR) is 182 cm³/mol. The van der Waals surface area contributed by atoms with Crippen LogP contribution in [0.5, 0.6) is 0 Å². The predicted octanol–water partition coefficient (Wildman–Crippen LogP) is 11.9. The Labute approximate surface area is 250 Å². The van der Waals surface area contributed by atoms with Crippen LogP contribution in [0.25, 0.3) is 82.7 Å². The molecule has 0 aliphatic heterocycles. The third-order valence-electron chi connectivity index (χ3n) is 9.08. The van der Waals surface area contributed by atoms with E-state index >= 15 is 0 Å². The molecule has 0 saturated carbocycles. The van der Waals surface area contributed by atoms with E-state index in [-0.39, 0.29) is 0 Å². The van der Waals surface area contributed by atoms with E-state index in [1.807, 2.05) is 0 Å². The number of rotatable bonds is 3. The van der Waals surface area contributed by atoms with Crippen molar-refractivity contribution in [2.45, 2.75) is 12.8 Å². The van der Waals surface area contributed by atoms with Crippen LogP contribution in [0.2, 0.25) is 0 Å². The highest BCUT2D eigenvalue weighted by Crippen LogP contribution is 2.45. The number of benzene rings is 7. The number of furan rings is 1. The SMILES string of the molecule is C1=Cc2c(oc3ccc(-c4c5ccccc5c(-c5cccc(-c6ccc7ccccc7c6)c5)c5ccccc45)cc23)CC1. The lowest BCUT2D eigenvalue weighted by molar-refractivity contribution is 0.546. The largest absolute Gasteiger partial charge is 0.460 e. The molecule has 0 amide bonds. The minimum atomic E-state index is 0.967. The van der Waals surface area contributed by atoms with Crippen LogP contribution in [-0.4, -0.2) is 0 Å². The molecule has 0 spiro atoms. The molecule has 43 heavy (non-hydrogen) atoms. The van der Waals surface area contributed by atoms with Gasteiger partial charge in [0.2, 0.25) is 0 Å². The molecule has 0 fully saturated rings. The topological polar surface area (TPSA) is 13.1 Å². The van der Waals surface area contributed by atoms with Gasteiger partial charge in [0, 0.05) is 17.4 Å². The molecule has 1 heteroatoms. The van der Waals surface area contributed by atoms with Crippen molar-refractivity contribution in [1.82, 2.24) is 0 Å². The van der Waals surface area contributed by atoms with Crippen molar-refractivity contribution in [2.75, 3.05) is 0 Å². The average Bonchev–Trinajstić information content (AvgIpc) is 3.45. The Morgan fingerprint density at radius 3 is 1.79 bits per heavy atom. The third-order valence-corrected chi connectivity index (χ3v) is 9.08. The molecule has 0 atom stereocenters. The van der Waals surface area contributed by atoms with Crippen molar-refractivity contribution >= 4 is 49.4 Å². The number of aryl methyl sites for hydroxylation is 1. The van der Waals surface area contributed by atoms with Crippen LogP contribution in [0, 0.1) is 0 Å². The molecule has 1 aliphatic carbocycles. The molecule has 0 radical (unpaired) electrons. The summed E-state index contributed by atoms with van der Waals surface area (Å²) in [6.45, 7) is 0. The Morgan fingerprint density at radius 2 is 1.05 bits per heavy atom. The second-order valence-electron chi connectivity index (χ2n) is 11.6. The van der Waals surface area contributed by atoms with E-state index in [2.05, 4.69) is 146 Å². The van der Waals surface area contributed by atoms with Gasteiger partial charge in [-0.3, -0.25) is 0 Å². The van der Waals surface area contributed by atoms with Gasteiger partial charge in [-0.1, -0.05) is 121 Å². The van der Waals surface area contributed by atoms with Crippen LogP contribution in [0.1, 0.15) is 17.7 Å². The van der Waals surface area contributed by atoms with Crippen molar-refractivity contribution in [1.29, 1.82) is 0 Å². The molecule has 0 saturated heterocycles. The molecule has 1 heterocycles. The maximum atomic E-state index is 6.25. The molecular weight excluding hydrogens is 520 g/mol. The molecule has 1 nitrogen and oxygen atoms in total. The van der Waals surface area contributed by atoms with Gasteiger partial charge < -0.3 is 4.42 Å². The summed E-state index contributed by atoms with van der Waals surface area (Å²) in [7, 11) is 0. The highest BCUT2D eigenvalue weighted by atomic mass is 16.3. The van der Waals surface area contributed by atoms with Crippen molar-refractivity contribution in [3.63, 3.8) is 0 Å². The Balaban J connectivity index is 1.29. The van der Waals surface area contributed by atoms with Gasteiger partial charge in [0.25, 0.3) is 0 Å². The standard InChI is InChI=1S/C42H28O/c1-2-11-28-24-30(21-20-27(28)10-1)29-12-9-13-31(25-29)41-34-15-3-5-17-36(34)42(37-18-6-4-16-35(37)41)32-22-23-40-38(26-32)33-14-7-8-19-39(33)43-40/h1-7,9-18,20-26H,8,19H2. The molecule has 7 aromatic carbocycles. The van der Waals surface area contributed by atoms with E-state index < -0.39 is 0 Å². The van der Waals surface area contributed by atoms with Gasteiger partial charge in [-0.25, -0.2) is 0 Å². The zero-order chi connectivity index (χ0) is 28.3. The quantitative estimate of drug-likeness (QED) is 0.200. The van der Waals surface area contributed by atoms with Crippen molar-refractivity contribution in [3.05, 3.63) is 151 Å². The molecule has 0 bridgehead atoms. The average molecular weight is 549 g/mol. The Morgan fingerprint density at radius 1 is 0.442 bits per heavy atom. The number of hydrogen-bond donors (Lipinski definition) is 0. The normalized spacial score (nSPS) is 12.8. The first-order chi connectivity index (χ1) is 21.3. The van der Waals surface area contributed by atoms with Gasteiger partial charge in [-0.2, -0.15) is 0 Å². The summed E-state index contributed by atoms with van der Waals surface area (Å²) < 4.78 is 6.25. The summed E-state index contributed by atoms with van der Waals surface area (Å²) in [6.07, 6.45) is 6.50. The fourth-order valence-electron chi connectivity index (χ4n) is 7.08. The lowest BCUT2D eigenvalue weighted by Gasteiger charge is -2.18. The van der Waals surface area contributed by atoms with Crippen molar-refractivity contribution in [2.24, 2.45) is 0 Å². The van der Waals surface area contributed by atoms with E-state index in [4.69, 9.17) is 4.42 Å². The number of allylic oxidation sites excluding steroid dienone is 1. The Bertz CT molecular complexity index is 2340. The fraction of sp³-hybridized carbons (Fsp3) is 0.0476. The minimum absolute atomic E-state index is 0.967. The highest BCUT2D eigenvalue weighted by molar-refractivity contribution is 6.22. The summed E-state index contributed by atoms with van der Waals surface area (Å²) in [5.41, 5.74) is 9.67. The van der Waals surface area contributed by atoms with Gasteiger partial charge in [0.05, 0.1) is 0 Å². The van der Waals surface area contributed by atoms with Crippen molar-refractivity contribution in [3.8, 4) is 33.4 Å².